The van der Waals surface area contributed by atoms with Crippen LogP contribution in [0, 0.1) is 0 Å². The third kappa shape index (κ3) is 4.39. The lowest BCUT2D eigenvalue weighted by atomic mass is 9.79. The van der Waals surface area contributed by atoms with Crippen LogP contribution in [0.1, 0.15) is 53.7 Å². The fourth-order valence-electron chi connectivity index (χ4n) is 5.34. The number of hydrogen-bond donors (Lipinski definition) is 1. The summed E-state index contributed by atoms with van der Waals surface area (Å²) in [5.41, 5.74) is 2.18. The van der Waals surface area contributed by atoms with Gasteiger partial charge in [-0.1, -0.05) is 12.1 Å². The van der Waals surface area contributed by atoms with Gasteiger partial charge in [-0.25, -0.2) is 13.1 Å². The van der Waals surface area contributed by atoms with E-state index in [1.165, 1.54) is 19.6 Å². The van der Waals surface area contributed by atoms with Crippen LogP contribution < -0.4 is 0 Å². The molecule has 0 bridgehead atoms. The molecular weight excluding hydrogens is 462 g/mol. The molecule has 3 aliphatic rings. The molecule has 5 heterocycles. The molecule has 0 unspecified atom stereocenters. The number of aromatic nitrogens is 3. The molecule has 11 heteroatoms. The molecule has 3 aliphatic heterocycles. The Labute approximate surface area is 199 Å². The highest BCUT2D eigenvalue weighted by molar-refractivity contribution is 7.89. The van der Waals surface area contributed by atoms with Crippen LogP contribution in [-0.4, -0.2) is 82.4 Å². The van der Waals surface area contributed by atoms with Gasteiger partial charge in [0.1, 0.15) is 0 Å². The van der Waals surface area contributed by atoms with E-state index in [1.54, 1.807) is 4.68 Å². The molecule has 0 aromatic carbocycles. The number of nitrogens with zero attached hydrogens (tertiary/aromatic N) is 5. The maximum atomic E-state index is 12.0. The third-order valence-electron chi connectivity index (χ3n) is 7.33. The van der Waals surface area contributed by atoms with Gasteiger partial charge in [0.15, 0.2) is 0 Å². The van der Waals surface area contributed by atoms with Crippen LogP contribution in [0.25, 0.3) is 0 Å². The molecule has 2 atom stereocenters. The Balaban J connectivity index is 1.20. The van der Waals surface area contributed by atoms with Gasteiger partial charge in [-0.3, -0.25) is 4.90 Å². The molecule has 9 nitrogen and oxygen atoms in total. The largest absolute Gasteiger partial charge is 0.395 e. The second-order valence-electron chi connectivity index (χ2n) is 9.47. The molecule has 0 amide bonds. The lowest BCUT2D eigenvalue weighted by Gasteiger charge is -2.47. The zero-order chi connectivity index (χ0) is 23.2. The summed E-state index contributed by atoms with van der Waals surface area (Å²) in [5, 5.41) is 17.6. The molecule has 1 N–H and O–H groups in total. The highest BCUT2D eigenvalue weighted by Crippen LogP contribution is 2.46. The summed E-state index contributed by atoms with van der Waals surface area (Å²) >= 11 is 1.96. The standard InChI is InChI=1S/C22H33N5O4S2/c1-3-19-10-20-21(32-19)4-8-31-22(20)5-6-25(16(2)11-22)12-17-13-27(24-23-17)18-14-26(15-18)33(29,30)9-7-28/h10,13,16,18,28H,3-9,11-12,14-15H2,1-2H3/t16-,22+/m0/s1. The molecular formula is C22H33N5O4S2. The first kappa shape index (κ1) is 23.4. The molecule has 0 radical (unpaired) electrons. The summed E-state index contributed by atoms with van der Waals surface area (Å²) in [7, 11) is -3.37. The number of ether oxygens (including phenoxy) is 1. The molecule has 33 heavy (non-hydrogen) atoms. The number of thiophene rings is 1. The summed E-state index contributed by atoms with van der Waals surface area (Å²) < 4.78 is 33.7. The van der Waals surface area contributed by atoms with E-state index in [1.807, 2.05) is 17.5 Å². The molecule has 0 aliphatic carbocycles. The Bertz CT molecular complexity index is 1090. The van der Waals surface area contributed by atoms with Gasteiger partial charge in [0.2, 0.25) is 10.0 Å². The maximum Gasteiger partial charge on any atom is 0.216 e. The Morgan fingerprint density at radius 2 is 2.18 bits per heavy atom. The molecule has 0 saturated carbocycles. The smallest absolute Gasteiger partial charge is 0.216 e. The Hall–Kier alpha value is -1.37. The van der Waals surface area contributed by atoms with Crippen molar-refractivity contribution in [3.05, 3.63) is 33.3 Å². The third-order valence-corrected chi connectivity index (χ3v) is 10.4. The highest BCUT2D eigenvalue weighted by Gasteiger charge is 2.44. The van der Waals surface area contributed by atoms with Crippen LogP contribution in [0.3, 0.4) is 0 Å². The van der Waals surface area contributed by atoms with Crippen LogP contribution in [0.2, 0.25) is 0 Å². The molecule has 1 spiro atoms. The van der Waals surface area contributed by atoms with Gasteiger partial charge in [-0.05, 0) is 37.8 Å². The first-order chi connectivity index (χ1) is 15.8. The van der Waals surface area contributed by atoms with Crippen molar-refractivity contribution in [2.24, 2.45) is 0 Å². The number of aryl methyl sites for hydroxylation is 1. The van der Waals surface area contributed by atoms with Gasteiger partial charge in [0, 0.05) is 48.4 Å². The minimum absolute atomic E-state index is 0.00202. The molecule has 5 rings (SSSR count). The van der Waals surface area contributed by atoms with E-state index in [4.69, 9.17) is 9.84 Å². The summed E-state index contributed by atoms with van der Waals surface area (Å²) in [4.78, 5) is 5.41. The summed E-state index contributed by atoms with van der Waals surface area (Å²) in [5.74, 6) is -0.229. The lowest BCUT2D eigenvalue weighted by Crippen LogP contribution is -2.51. The molecule has 2 fully saturated rings. The van der Waals surface area contributed by atoms with E-state index in [-0.39, 0.29) is 24.0 Å². The molecule has 2 aromatic heterocycles. The average molecular weight is 496 g/mol. The van der Waals surface area contributed by atoms with Crippen molar-refractivity contribution in [2.75, 3.05) is 38.6 Å². The van der Waals surface area contributed by atoms with Crippen molar-refractivity contribution >= 4 is 21.4 Å². The zero-order valence-corrected chi connectivity index (χ0v) is 20.9. The van der Waals surface area contributed by atoms with Crippen LogP contribution >= 0.6 is 11.3 Å². The fraction of sp³-hybridized carbons (Fsp3) is 0.727. The maximum absolute atomic E-state index is 12.0. The Morgan fingerprint density at radius 1 is 1.36 bits per heavy atom. The van der Waals surface area contributed by atoms with Crippen LogP contribution in [-0.2, 0) is 39.7 Å². The number of aliphatic hydroxyl groups excluding tert-OH is 1. The van der Waals surface area contributed by atoms with Crippen molar-refractivity contribution in [2.45, 2.75) is 63.8 Å². The second-order valence-corrected chi connectivity index (χ2v) is 12.8. The Kier molecular flexibility index (Phi) is 6.38. The topological polar surface area (TPSA) is 101 Å². The number of likely N-dealkylation sites (tertiary alicyclic amines) is 1. The number of aliphatic hydroxyl groups is 1. The van der Waals surface area contributed by atoms with Crippen LogP contribution in [0.5, 0.6) is 0 Å². The van der Waals surface area contributed by atoms with Gasteiger partial charge < -0.3 is 9.84 Å². The monoisotopic (exact) mass is 495 g/mol. The van der Waals surface area contributed by atoms with Crippen molar-refractivity contribution in [3.8, 4) is 0 Å². The first-order valence-corrected chi connectivity index (χ1v) is 14.3. The normalized spacial score (nSPS) is 27.1. The predicted molar refractivity (Wildman–Crippen MR) is 126 cm³/mol. The number of rotatable bonds is 7. The van der Waals surface area contributed by atoms with E-state index in [9.17, 15) is 8.42 Å². The quantitative estimate of drug-likeness (QED) is 0.622. The zero-order valence-electron chi connectivity index (χ0n) is 19.3. The number of piperidine rings is 1. The van der Waals surface area contributed by atoms with Crippen molar-refractivity contribution in [3.63, 3.8) is 0 Å². The molecule has 2 saturated heterocycles. The summed E-state index contributed by atoms with van der Waals surface area (Å²) in [6, 6.07) is 2.75. The van der Waals surface area contributed by atoms with Gasteiger partial charge >= 0.3 is 0 Å². The molecule has 182 valence electrons. The van der Waals surface area contributed by atoms with Crippen molar-refractivity contribution in [1.82, 2.24) is 24.2 Å². The van der Waals surface area contributed by atoms with E-state index in [0.29, 0.717) is 19.1 Å². The van der Waals surface area contributed by atoms with E-state index >= 15 is 0 Å². The average Bonchev–Trinajstić information content (AvgIpc) is 3.37. The number of hydrogen-bond acceptors (Lipinski definition) is 8. The molecule has 2 aromatic rings. The van der Waals surface area contributed by atoms with Gasteiger partial charge in [0.25, 0.3) is 0 Å². The minimum Gasteiger partial charge on any atom is -0.395 e. The Morgan fingerprint density at radius 3 is 2.91 bits per heavy atom. The summed E-state index contributed by atoms with van der Waals surface area (Å²) in [6.07, 6.45) is 6.02. The van der Waals surface area contributed by atoms with Crippen LogP contribution in [0.4, 0.5) is 0 Å². The van der Waals surface area contributed by atoms with Gasteiger partial charge in [-0.15, -0.1) is 16.4 Å². The van der Waals surface area contributed by atoms with Gasteiger partial charge in [0.05, 0.1) is 42.5 Å². The predicted octanol–water partition coefficient (Wildman–Crippen LogP) is 1.53. The van der Waals surface area contributed by atoms with Crippen molar-refractivity contribution in [1.29, 1.82) is 0 Å². The lowest BCUT2D eigenvalue weighted by molar-refractivity contribution is -0.112. The fourth-order valence-corrected chi connectivity index (χ4v) is 7.80. The van der Waals surface area contributed by atoms with Crippen molar-refractivity contribution < 1.29 is 18.3 Å². The van der Waals surface area contributed by atoms with Crippen LogP contribution in [0.15, 0.2) is 12.3 Å². The second kappa shape index (κ2) is 9.01. The van der Waals surface area contributed by atoms with E-state index in [0.717, 1.165) is 51.1 Å². The van der Waals surface area contributed by atoms with Gasteiger partial charge in [-0.2, -0.15) is 4.31 Å². The first-order valence-electron chi connectivity index (χ1n) is 11.8. The SMILES string of the molecule is CCc1cc2c(s1)CCO[C@@]21CCN(Cc2cn(C3CN(S(=O)(=O)CCO)C3)nn2)[C@@H](C)C1. The van der Waals surface area contributed by atoms with E-state index < -0.39 is 10.0 Å². The highest BCUT2D eigenvalue weighted by atomic mass is 32.2. The number of fused-ring (bicyclic) bond motifs is 2. The summed E-state index contributed by atoms with van der Waals surface area (Å²) in [6.45, 7) is 7.38. The minimum atomic E-state index is -3.37. The van der Waals surface area contributed by atoms with E-state index in [2.05, 4.69) is 35.1 Å². The number of sulfonamides is 1.